The van der Waals surface area contributed by atoms with Crippen LogP contribution in [-0.2, 0) is 9.84 Å². The van der Waals surface area contributed by atoms with Gasteiger partial charge in [0.25, 0.3) is 5.91 Å². The molecule has 184 valence electrons. The van der Waals surface area contributed by atoms with Gasteiger partial charge in [-0.05, 0) is 67.9 Å². The van der Waals surface area contributed by atoms with Gasteiger partial charge in [0.05, 0.1) is 27.4 Å². The highest BCUT2D eigenvalue weighted by Gasteiger charge is 2.58. The summed E-state index contributed by atoms with van der Waals surface area (Å²) < 4.78 is 53.5. The Kier molecular flexibility index (Phi) is 6.73. The Morgan fingerprint density at radius 1 is 1.12 bits per heavy atom. The molecule has 0 spiro atoms. The number of sulfone groups is 1. The van der Waals surface area contributed by atoms with E-state index in [0.29, 0.717) is 12.8 Å². The van der Waals surface area contributed by atoms with Gasteiger partial charge in [0.15, 0.2) is 21.5 Å². The van der Waals surface area contributed by atoms with E-state index >= 15 is 0 Å². The molecule has 0 saturated heterocycles. The summed E-state index contributed by atoms with van der Waals surface area (Å²) >= 11 is 6.20. The zero-order chi connectivity index (χ0) is 24.8. The first-order valence-electron chi connectivity index (χ1n) is 10.8. The molecule has 34 heavy (non-hydrogen) atoms. The van der Waals surface area contributed by atoms with Gasteiger partial charge in [0.2, 0.25) is 0 Å². The van der Waals surface area contributed by atoms with Crippen LogP contribution in [0.15, 0.2) is 41.3 Å². The number of fused-ring (bicyclic) bond motifs is 2. The SMILES string of the molecule is O=C(Nc1ccc(F)c(F)c1)c1ccc(Cl)c(S(=O)(=O)[C@@H]2CC3CC[C@@H](C2)[C@@]3(O)C(O)CO)c1. The second-order valence-electron chi connectivity index (χ2n) is 8.92. The fourth-order valence-electron chi connectivity index (χ4n) is 5.31. The maximum Gasteiger partial charge on any atom is 0.255 e. The van der Waals surface area contributed by atoms with Gasteiger partial charge in [-0.25, -0.2) is 17.2 Å². The first-order valence-corrected chi connectivity index (χ1v) is 12.7. The summed E-state index contributed by atoms with van der Waals surface area (Å²) in [6.07, 6.45) is -0.161. The van der Waals surface area contributed by atoms with Crippen molar-refractivity contribution >= 4 is 33.0 Å². The van der Waals surface area contributed by atoms with Crippen LogP contribution in [0, 0.1) is 23.5 Å². The molecule has 2 bridgehead atoms. The number of anilines is 1. The number of hydrogen-bond donors (Lipinski definition) is 4. The Bertz CT molecular complexity index is 1210. The summed E-state index contributed by atoms with van der Waals surface area (Å²) in [6.45, 7) is -0.623. The maximum atomic E-state index is 13.5. The number of hydrogen-bond acceptors (Lipinski definition) is 6. The van der Waals surface area contributed by atoms with E-state index in [4.69, 9.17) is 11.6 Å². The minimum Gasteiger partial charge on any atom is -0.394 e. The highest BCUT2D eigenvalue weighted by molar-refractivity contribution is 7.92. The minimum atomic E-state index is -4.02. The Morgan fingerprint density at radius 2 is 1.76 bits per heavy atom. The number of nitrogens with one attached hydrogen (secondary N) is 1. The van der Waals surface area contributed by atoms with E-state index in [-0.39, 0.29) is 34.0 Å². The summed E-state index contributed by atoms with van der Waals surface area (Å²) in [5.74, 6) is -3.96. The second-order valence-corrected chi connectivity index (χ2v) is 11.5. The third-order valence-corrected chi connectivity index (χ3v) is 9.74. The molecule has 2 aliphatic rings. The molecule has 5 atom stereocenters. The standard InChI is InChI=1S/C23H24ClF2NO6S/c24-17-5-1-12(22(30)27-15-4-6-18(25)19(26)10-15)7-20(17)34(32,33)16-8-13-2-3-14(9-16)23(13,31)21(29)11-28/h1,4-7,10,13-14,16,21,28-29,31H,2-3,8-9,11H2,(H,27,30)/t13-,14?,16-,21?,23-/m0/s1. The topological polar surface area (TPSA) is 124 Å². The molecule has 2 saturated carbocycles. The largest absolute Gasteiger partial charge is 0.394 e. The summed E-state index contributed by atoms with van der Waals surface area (Å²) in [4.78, 5) is 12.4. The third-order valence-electron chi connectivity index (χ3n) is 7.09. The zero-order valence-electron chi connectivity index (χ0n) is 17.9. The van der Waals surface area contributed by atoms with Crippen LogP contribution in [0.2, 0.25) is 5.02 Å². The molecule has 2 aromatic carbocycles. The van der Waals surface area contributed by atoms with Gasteiger partial charge in [-0.15, -0.1) is 0 Å². The van der Waals surface area contributed by atoms with E-state index in [0.717, 1.165) is 18.2 Å². The molecule has 0 radical (unpaired) electrons. The first kappa shape index (κ1) is 25.0. The van der Waals surface area contributed by atoms with Crippen LogP contribution in [0.25, 0.3) is 0 Å². The van der Waals surface area contributed by atoms with Crippen molar-refractivity contribution < 1.29 is 37.3 Å². The quantitative estimate of drug-likeness (QED) is 0.469. The second kappa shape index (κ2) is 9.16. The number of rotatable bonds is 6. The van der Waals surface area contributed by atoms with Gasteiger partial charge in [0.1, 0.15) is 6.10 Å². The molecule has 2 unspecified atom stereocenters. The average Bonchev–Trinajstić information content (AvgIpc) is 2.97. The lowest BCUT2D eigenvalue weighted by atomic mass is 9.71. The highest BCUT2D eigenvalue weighted by Crippen LogP contribution is 2.53. The number of carbonyl (C=O) groups excluding carboxylic acids is 1. The molecule has 11 heteroatoms. The summed E-state index contributed by atoms with van der Waals surface area (Å²) in [5.41, 5.74) is -1.59. The van der Waals surface area contributed by atoms with Gasteiger partial charge in [-0.3, -0.25) is 4.79 Å². The number of carbonyl (C=O) groups is 1. The van der Waals surface area contributed by atoms with E-state index < -0.39 is 62.8 Å². The minimum absolute atomic E-state index is 0.00570. The average molecular weight is 516 g/mol. The van der Waals surface area contributed by atoms with Crippen LogP contribution < -0.4 is 5.32 Å². The van der Waals surface area contributed by atoms with Crippen LogP contribution in [0.4, 0.5) is 14.5 Å². The number of amides is 1. The highest BCUT2D eigenvalue weighted by atomic mass is 35.5. The van der Waals surface area contributed by atoms with Gasteiger partial charge < -0.3 is 20.6 Å². The van der Waals surface area contributed by atoms with E-state index in [1.807, 2.05) is 0 Å². The Morgan fingerprint density at radius 3 is 2.35 bits per heavy atom. The molecule has 2 aliphatic carbocycles. The lowest BCUT2D eigenvalue weighted by molar-refractivity contribution is -0.154. The van der Waals surface area contributed by atoms with Crippen LogP contribution in [0.1, 0.15) is 36.0 Å². The molecule has 1 amide bonds. The molecule has 0 aliphatic heterocycles. The third kappa shape index (κ3) is 4.22. The predicted molar refractivity (Wildman–Crippen MR) is 120 cm³/mol. The maximum absolute atomic E-state index is 13.5. The summed E-state index contributed by atoms with van der Waals surface area (Å²) in [5, 5.41) is 31.9. The lowest BCUT2D eigenvalue weighted by Gasteiger charge is -2.44. The predicted octanol–water partition coefficient (Wildman–Crippen LogP) is 2.92. The Balaban J connectivity index is 1.59. The van der Waals surface area contributed by atoms with E-state index in [9.17, 15) is 37.3 Å². The van der Waals surface area contributed by atoms with Crippen molar-refractivity contribution in [3.8, 4) is 0 Å². The van der Waals surface area contributed by atoms with Crippen molar-refractivity contribution in [3.63, 3.8) is 0 Å². The zero-order valence-corrected chi connectivity index (χ0v) is 19.5. The molecule has 2 aromatic rings. The van der Waals surface area contributed by atoms with Crippen LogP contribution >= 0.6 is 11.6 Å². The van der Waals surface area contributed by atoms with Gasteiger partial charge in [-0.2, -0.15) is 0 Å². The first-order chi connectivity index (χ1) is 16.0. The van der Waals surface area contributed by atoms with Crippen LogP contribution in [-0.4, -0.2) is 53.2 Å². The van der Waals surface area contributed by atoms with Crippen molar-refractivity contribution in [2.45, 2.75) is 47.5 Å². The monoisotopic (exact) mass is 515 g/mol. The van der Waals surface area contributed by atoms with Crippen LogP contribution in [0.3, 0.4) is 0 Å². The normalized spacial score (nSPS) is 27.4. The van der Waals surface area contributed by atoms with Crippen molar-refractivity contribution in [1.82, 2.24) is 0 Å². The molecule has 4 rings (SSSR count). The summed E-state index contributed by atoms with van der Waals surface area (Å²) in [7, 11) is -4.02. The van der Waals surface area contributed by atoms with Crippen LogP contribution in [0.5, 0.6) is 0 Å². The number of halogens is 3. The number of aliphatic hydroxyl groups excluding tert-OH is 2. The molecule has 0 aromatic heterocycles. The fraction of sp³-hybridized carbons (Fsp3) is 0.435. The van der Waals surface area contributed by atoms with Gasteiger partial charge >= 0.3 is 0 Å². The smallest absolute Gasteiger partial charge is 0.255 e. The van der Waals surface area contributed by atoms with Crippen molar-refractivity contribution in [2.24, 2.45) is 11.8 Å². The lowest BCUT2D eigenvalue weighted by Crippen LogP contribution is -2.56. The Hall–Kier alpha value is -2.11. The van der Waals surface area contributed by atoms with Gasteiger partial charge in [0, 0.05) is 17.3 Å². The molecular weight excluding hydrogens is 492 g/mol. The number of aliphatic hydroxyl groups is 3. The molecule has 2 fully saturated rings. The van der Waals surface area contributed by atoms with E-state index in [1.165, 1.54) is 18.2 Å². The van der Waals surface area contributed by atoms with E-state index in [2.05, 4.69) is 5.32 Å². The van der Waals surface area contributed by atoms with E-state index in [1.54, 1.807) is 0 Å². The molecule has 4 N–H and O–H groups in total. The molecule has 7 nitrogen and oxygen atoms in total. The Labute approximate surface area is 200 Å². The number of benzene rings is 2. The van der Waals surface area contributed by atoms with Crippen molar-refractivity contribution in [2.75, 3.05) is 11.9 Å². The fourth-order valence-corrected chi connectivity index (χ4v) is 7.71. The molecule has 0 heterocycles. The van der Waals surface area contributed by atoms with Crippen molar-refractivity contribution in [1.29, 1.82) is 0 Å². The summed E-state index contributed by atoms with van der Waals surface area (Å²) in [6, 6.07) is 6.56. The molecular formula is C23H24ClF2NO6S. The van der Waals surface area contributed by atoms with Crippen molar-refractivity contribution in [3.05, 3.63) is 58.6 Å². The van der Waals surface area contributed by atoms with Gasteiger partial charge in [-0.1, -0.05) is 11.6 Å².